The van der Waals surface area contributed by atoms with Crippen LogP contribution in [0.1, 0.15) is 7.85 Å². The number of halogens is 2. The van der Waals surface area contributed by atoms with Crippen LogP contribution in [0.25, 0.3) is 0 Å². The fourth-order valence-corrected chi connectivity index (χ4v) is 2.53. The minimum atomic E-state index is -0.971. The Kier molecular flexibility index (Phi) is 19.4. The summed E-state index contributed by atoms with van der Waals surface area (Å²) in [6, 6.07) is 6.03. The molecule has 0 unspecified atom stereocenters. The van der Waals surface area contributed by atoms with Crippen LogP contribution in [-0.4, -0.2) is 85.1 Å². The van der Waals surface area contributed by atoms with E-state index < -0.39 is 12.0 Å². The van der Waals surface area contributed by atoms with Crippen molar-refractivity contribution in [2.24, 2.45) is 5.73 Å². The summed E-state index contributed by atoms with van der Waals surface area (Å²) >= 11 is 7.17. The Morgan fingerprint density at radius 3 is 2.45 bits per heavy atom. The predicted octanol–water partition coefficient (Wildman–Crippen LogP) is -1.55. The first-order valence-corrected chi connectivity index (χ1v) is 10.1. The number of nitrogens with zero attached hydrogens (tertiary/aromatic N) is 1. The number of aliphatic hydroxyl groups excluding tert-OH is 1. The summed E-state index contributed by atoms with van der Waals surface area (Å²) in [5.41, 5.74) is 5.22. The molecule has 0 aliphatic rings. The fraction of sp³-hybridized carbons (Fsp3) is 0.556. The van der Waals surface area contributed by atoms with Crippen LogP contribution in [0, 0.1) is 0 Å². The zero-order valence-corrected chi connectivity index (χ0v) is 18.9. The van der Waals surface area contributed by atoms with Crippen molar-refractivity contribution in [3.63, 3.8) is 0 Å². The van der Waals surface area contributed by atoms with Crippen LogP contribution in [0.2, 0.25) is 5.02 Å². The van der Waals surface area contributed by atoms with Gasteiger partial charge in [0, 0.05) is 23.9 Å². The van der Waals surface area contributed by atoms with Crippen molar-refractivity contribution in [3.8, 4) is 5.75 Å². The van der Waals surface area contributed by atoms with E-state index in [1.165, 1.54) is 11.8 Å². The molecule has 1 atom stereocenters. The maximum atomic E-state index is 11.3. The number of hydrogen-bond acceptors (Lipinski definition) is 8. The van der Waals surface area contributed by atoms with Crippen molar-refractivity contribution in [3.05, 3.63) is 29.3 Å². The maximum Gasteiger partial charge on any atom is 1.00 e. The van der Waals surface area contributed by atoms with Crippen LogP contribution in [0.15, 0.2) is 24.3 Å². The summed E-state index contributed by atoms with van der Waals surface area (Å²) in [4.78, 5) is 23.4. The SMILES string of the molecule is CN(C)CCOC(=O)COc1ccc(Cl)cc1.N[C@@H](CSCCCO)C(=O)O.[Cl-].[H+]. The van der Waals surface area contributed by atoms with Gasteiger partial charge in [-0.15, -0.1) is 0 Å². The highest BCUT2D eigenvalue weighted by Gasteiger charge is 2.10. The lowest BCUT2D eigenvalue weighted by Gasteiger charge is -2.10. The highest BCUT2D eigenvalue weighted by molar-refractivity contribution is 7.99. The average molecular weight is 473 g/mol. The van der Waals surface area contributed by atoms with Crippen LogP contribution in [-0.2, 0) is 14.3 Å². The van der Waals surface area contributed by atoms with E-state index in [2.05, 4.69) is 0 Å². The van der Waals surface area contributed by atoms with Crippen molar-refractivity contribution in [2.75, 3.05) is 52.0 Å². The second-order valence-corrected chi connectivity index (χ2v) is 7.45. The lowest BCUT2D eigenvalue weighted by atomic mass is 10.3. The Morgan fingerprint density at radius 2 is 1.93 bits per heavy atom. The molecule has 0 amide bonds. The van der Waals surface area contributed by atoms with Crippen LogP contribution in [0.4, 0.5) is 0 Å². The monoisotopic (exact) mass is 472 g/mol. The fourth-order valence-electron chi connectivity index (χ4n) is 1.51. The summed E-state index contributed by atoms with van der Waals surface area (Å²) in [7, 11) is 3.83. The first-order valence-electron chi connectivity index (χ1n) is 8.62. The maximum absolute atomic E-state index is 11.3. The summed E-state index contributed by atoms with van der Waals surface area (Å²) in [5, 5.41) is 17.4. The number of carbonyl (C=O) groups is 2. The first-order chi connectivity index (χ1) is 13.3. The van der Waals surface area contributed by atoms with E-state index in [-0.39, 0.29) is 33.0 Å². The number of thioether (sulfide) groups is 1. The number of aliphatic hydroxyl groups is 1. The largest absolute Gasteiger partial charge is 1.00 e. The van der Waals surface area contributed by atoms with Gasteiger partial charge in [-0.2, -0.15) is 11.8 Å². The molecule has 1 aromatic carbocycles. The van der Waals surface area contributed by atoms with Gasteiger partial charge in [0.25, 0.3) is 0 Å². The van der Waals surface area contributed by atoms with E-state index in [1.807, 2.05) is 19.0 Å². The zero-order valence-electron chi connectivity index (χ0n) is 17.6. The van der Waals surface area contributed by atoms with Crippen LogP contribution < -0.4 is 22.9 Å². The summed E-state index contributed by atoms with van der Waals surface area (Å²) in [5.74, 6) is 0.426. The molecular weight excluding hydrogens is 443 g/mol. The molecule has 0 saturated heterocycles. The van der Waals surface area contributed by atoms with E-state index in [0.717, 1.165) is 5.75 Å². The number of esters is 1. The van der Waals surface area contributed by atoms with Crippen molar-refractivity contribution in [2.45, 2.75) is 12.5 Å². The number of nitrogens with two attached hydrogens (primary N) is 1. The number of aliphatic carboxylic acids is 1. The van der Waals surface area contributed by atoms with Gasteiger partial charge in [0.15, 0.2) is 6.61 Å². The molecule has 0 fully saturated rings. The van der Waals surface area contributed by atoms with Gasteiger partial charge in [-0.1, -0.05) is 11.6 Å². The molecule has 29 heavy (non-hydrogen) atoms. The van der Waals surface area contributed by atoms with E-state index in [0.29, 0.717) is 36.1 Å². The van der Waals surface area contributed by atoms with Crippen LogP contribution in [0.3, 0.4) is 0 Å². The third kappa shape index (κ3) is 18.5. The van der Waals surface area contributed by atoms with Gasteiger partial charge >= 0.3 is 13.4 Å². The Hall–Kier alpha value is -1.23. The highest BCUT2D eigenvalue weighted by Crippen LogP contribution is 2.15. The Morgan fingerprint density at radius 1 is 1.31 bits per heavy atom. The molecule has 1 rings (SSSR count). The molecule has 8 nitrogen and oxygen atoms in total. The second kappa shape index (κ2) is 18.8. The molecular formula is C18H30Cl2N2O6S. The highest BCUT2D eigenvalue weighted by atomic mass is 35.5. The lowest BCUT2D eigenvalue weighted by molar-refractivity contribution is -0.146. The van der Waals surface area contributed by atoms with Gasteiger partial charge in [-0.3, -0.25) is 4.79 Å². The molecule has 0 heterocycles. The average Bonchev–Trinajstić information content (AvgIpc) is 2.64. The molecule has 0 spiro atoms. The Balaban J connectivity index is -0.000000495. The van der Waals surface area contributed by atoms with Crippen molar-refractivity contribution >= 4 is 35.3 Å². The Bertz CT molecular complexity index is 570. The van der Waals surface area contributed by atoms with Crippen LogP contribution >= 0.6 is 23.4 Å². The van der Waals surface area contributed by atoms with Crippen LogP contribution in [0.5, 0.6) is 5.75 Å². The number of likely N-dealkylation sites (N-methyl/N-ethyl adjacent to an activating group) is 1. The summed E-state index contributed by atoms with van der Waals surface area (Å²) < 4.78 is 10.2. The summed E-state index contributed by atoms with van der Waals surface area (Å²) in [6.45, 7) is 1.13. The molecule has 0 saturated carbocycles. The van der Waals surface area contributed by atoms with Gasteiger partial charge in [0.1, 0.15) is 18.4 Å². The van der Waals surface area contributed by atoms with Crippen molar-refractivity contribution in [1.29, 1.82) is 0 Å². The summed E-state index contributed by atoms with van der Waals surface area (Å²) in [6.07, 6.45) is 0.691. The molecule has 0 aromatic heterocycles. The van der Waals surface area contributed by atoms with E-state index in [9.17, 15) is 9.59 Å². The Labute approximate surface area is 188 Å². The second-order valence-electron chi connectivity index (χ2n) is 5.86. The van der Waals surface area contributed by atoms with Gasteiger partial charge in [0.05, 0.1) is 0 Å². The molecule has 0 bridgehead atoms. The standard InChI is InChI=1S/C12H16ClNO3.C6H13NO3S.ClH/c1-14(2)7-8-16-12(15)9-17-11-5-3-10(13)4-6-11;7-5(6(9)10)4-11-3-1-2-8;/h3-6H,7-9H2,1-2H3;5,8H,1-4,7H2,(H,9,10);1H/t;5-;/m.0./s1. The van der Waals surface area contributed by atoms with Crippen molar-refractivity contribution in [1.82, 2.24) is 4.90 Å². The normalized spacial score (nSPS) is 11.0. The van der Waals surface area contributed by atoms with Gasteiger partial charge in [-0.05, 0) is 50.5 Å². The van der Waals surface area contributed by atoms with Gasteiger partial charge in [-0.25, -0.2) is 4.79 Å². The number of benzene rings is 1. The number of ether oxygens (including phenoxy) is 2. The number of carbonyl (C=O) groups excluding carboxylic acids is 1. The molecule has 11 heteroatoms. The first kappa shape index (κ1) is 30.0. The molecule has 0 aliphatic carbocycles. The molecule has 1 aromatic rings. The topological polar surface area (TPSA) is 122 Å². The van der Waals surface area contributed by atoms with E-state index in [1.54, 1.807) is 24.3 Å². The third-order valence-electron chi connectivity index (χ3n) is 3.03. The van der Waals surface area contributed by atoms with E-state index >= 15 is 0 Å². The lowest BCUT2D eigenvalue weighted by Crippen LogP contribution is -3.00. The smallest absolute Gasteiger partial charge is 1.00 e. The minimum Gasteiger partial charge on any atom is -1.00 e. The molecule has 0 aliphatic heterocycles. The molecule has 4 N–H and O–H groups in total. The van der Waals surface area contributed by atoms with E-state index in [4.69, 9.17) is 37.0 Å². The number of hydrogen-bond donors (Lipinski definition) is 3. The zero-order chi connectivity index (χ0) is 21.4. The molecule has 168 valence electrons. The van der Waals surface area contributed by atoms with Crippen molar-refractivity contribution < 1.29 is 43.1 Å². The number of carboxylic acid groups (broad SMARTS) is 1. The van der Waals surface area contributed by atoms with Gasteiger partial charge < -0.3 is 42.7 Å². The third-order valence-corrected chi connectivity index (χ3v) is 4.46. The van der Waals surface area contributed by atoms with Gasteiger partial charge in [0.2, 0.25) is 0 Å². The number of rotatable bonds is 12. The number of carboxylic acids is 1. The predicted molar refractivity (Wildman–Crippen MR) is 112 cm³/mol. The molecule has 0 radical (unpaired) electrons. The quantitative estimate of drug-likeness (QED) is 0.245. The minimum absolute atomic E-state index is 0.